The molecule has 0 heterocycles. The summed E-state index contributed by atoms with van der Waals surface area (Å²) in [6, 6.07) is 10.4. The quantitative estimate of drug-likeness (QED) is 0.566. The van der Waals surface area contributed by atoms with Crippen LogP contribution >= 0.6 is 12.6 Å². The molecule has 1 aromatic rings. The topological polar surface area (TPSA) is 0 Å². The van der Waals surface area contributed by atoms with E-state index in [0.717, 1.165) is 11.3 Å². The molecule has 0 radical (unpaired) electrons. The van der Waals surface area contributed by atoms with Crippen molar-refractivity contribution in [3.63, 3.8) is 0 Å². The summed E-state index contributed by atoms with van der Waals surface area (Å²) in [5.41, 5.74) is 2.53. The molecule has 0 aromatic heterocycles. The van der Waals surface area contributed by atoms with Gasteiger partial charge in [-0.2, -0.15) is 0 Å². The van der Waals surface area contributed by atoms with Crippen molar-refractivity contribution < 1.29 is 0 Å². The molecule has 0 bridgehead atoms. The molecular weight excluding hydrogens is 200 g/mol. The highest BCUT2D eigenvalue weighted by Gasteiger charge is 1.97. The first kappa shape index (κ1) is 11.9. The van der Waals surface area contributed by atoms with Crippen LogP contribution in [-0.4, -0.2) is 0 Å². The Bertz CT molecular complexity index is 368. The van der Waals surface area contributed by atoms with Crippen LogP contribution in [0.3, 0.4) is 0 Å². The van der Waals surface area contributed by atoms with Gasteiger partial charge in [0.05, 0.1) is 0 Å². The molecule has 1 heteroatoms. The predicted molar refractivity (Wildman–Crippen MR) is 71.2 cm³/mol. The maximum absolute atomic E-state index is 4.39. The summed E-state index contributed by atoms with van der Waals surface area (Å²) in [6.45, 7) is 5.67. The molecule has 0 N–H and O–H groups in total. The minimum Gasteiger partial charge on any atom is -0.148 e. The van der Waals surface area contributed by atoms with Gasteiger partial charge >= 0.3 is 0 Å². The second kappa shape index (κ2) is 6.31. The molecule has 0 fully saturated rings. The number of thiol groups is 1. The summed E-state index contributed by atoms with van der Waals surface area (Å²) in [5.74, 6) is 0. The first-order valence-corrected chi connectivity index (χ1v) is 5.40. The highest BCUT2D eigenvalue weighted by Crippen LogP contribution is 2.15. The lowest BCUT2D eigenvalue weighted by Crippen LogP contribution is -1.88. The number of rotatable bonds is 4. The van der Waals surface area contributed by atoms with E-state index < -0.39 is 0 Å². The Morgan fingerprint density at radius 3 is 2.53 bits per heavy atom. The van der Waals surface area contributed by atoms with E-state index in [2.05, 4.69) is 49.5 Å². The van der Waals surface area contributed by atoms with E-state index in [1.165, 1.54) is 11.1 Å². The largest absolute Gasteiger partial charge is 0.148 e. The zero-order chi connectivity index (χ0) is 11.1. The van der Waals surface area contributed by atoms with Gasteiger partial charge in [0.1, 0.15) is 0 Å². The number of hydrogen-bond donors (Lipinski definition) is 1. The minimum atomic E-state index is 0.917. The average molecular weight is 216 g/mol. The normalized spacial score (nSPS) is 12.7. The number of hydrogen-bond acceptors (Lipinski definition) is 1. The number of allylic oxidation sites excluding steroid dienone is 5. The summed E-state index contributed by atoms with van der Waals surface area (Å²) in [6.07, 6.45) is 6.70. The fourth-order valence-electron chi connectivity index (χ4n) is 1.31. The van der Waals surface area contributed by atoms with E-state index in [4.69, 9.17) is 0 Å². The van der Waals surface area contributed by atoms with Gasteiger partial charge in [0.25, 0.3) is 0 Å². The predicted octanol–water partition coefficient (Wildman–Crippen LogP) is 4.18. The van der Waals surface area contributed by atoms with E-state index in [0.29, 0.717) is 0 Å². The zero-order valence-corrected chi connectivity index (χ0v) is 9.87. The van der Waals surface area contributed by atoms with Crippen molar-refractivity contribution in [1.29, 1.82) is 0 Å². The molecule has 1 rings (SSSR count). The van der Waals surface area contributed by atoms with E-state index in [9.17, 15) is 0 Å². The molecule has 1 aromatic carbocycles. The van der Waals surface area contributed by atoms with Crippen molar-refractivity contribution in [1.82, 2.24) is 0 Å². The Morgan fingerprint density at radius 2 is 2.00 bits per heavy atom. The maximum atomic E-state index is 4.39. The van der Waals surface area contributed by atoms with Crippen molar-refractivity contribution in [3.05, 3.63) is 71.2 Å². The smallest absolute Gasteiger partial charge is 0.00181 e. The zero-order valence-electron chi connectivity index (χ0n) is 8.98. The van der Waals surface area contributed by atoms with Gasteiger partial charge in [-0.05, 0) is 29.4 Å². The third kappa shape index (κ3) is 4.22. The molecule has 0 amide bonds. The molecular formula is C14H16S. The fraction of sp³-hybridized carbons (Fsp3) is 0.143. The van der Waals surface area contributed by atoms with Crippen LogP contribution in [0.15, 0.2) is 65.6 Å². The van der Waals surface area contributed by atoms with E-state index in [-0.39, 0.29) is 0 Å². The monoisotopic (exact) mass is 216 g/mol. The van der Waals surface area contributed by atoms with Gasteiger partial charge in [-0.15, -0.1) is 12.6 Å². The molecule has 0 saturated heterocycles. The summed E-state index contributed by atoms with van der Waals surface area (Å²) in [7, 11) is 0. The Morgan fingerprint density at radius 1 is 1.33 bits per heavy atom. The second-order valence-corrected chi connectivity index (χ2v) is 4.04. The lowest BCUT2D eigenvalue weighted by atomic mass is 10.0. The lowest BCUT2D eigenvalue weighted by Gasteiger charge is -2.04. The van der Waals surface area contributed by atoms with Crippen LogP contribution in [0.4, 0.5) is 0 Å². The van der Waals surface area contributed by atoms with Crippen LogP contribution in [0.25, 0.3) is 0 Å². The Hall–Kier alpha value is -1.21. The number of benzene rings is 1. The molecule has 0 aliphatic heterocycles. The third-order valence-corrected chi connectivity index (χ3v) is 2.42. The molecule has 0 nitrogen and oxygen atoms in total. The summed E-state index contributed by atoms with van der Waals surface area (Å²) < 4.78 is 0. The van der Waals surface area contributed by atoms with Crippen LogP contribution in [0, 0.1) is 0 Å². The van der Waals surface area contributed by atoms with Crippen LogP contribution in [0.1, 0.15) is 12.5 Å². The lowest BCUT2D eigenvalue weighted by molar-refractivity contribution is 1.18. The van der Waals surface area contributed by atoms with E-state index in [1.54, 1.807) is 6.08 Å². The van der Waals surface area contributed by atoms with Gasteiger partial charge in [0, 0.05) is 0 Å². The van der Waals surface area contributed by atoms with Gasteiger partial charge in [-0.3, -0.25) is 0 Å². The van der Waals surface area contributed by atoms with E-state index in [1.807, 2.05) is 19.1 Å². The summed E-state index contributed by atoms with van der Waals surface area (Å²) >= 11 is 4.39. The highest BCUT2D eigenvalue weighted by molar-refractivity contribution is 7.84. The van der Waals surface area contributed by atoms with Crippen molar-refractivity contribution in [2.24, 2.45) is 0 Å². The summed E-state index contributed by atoms with van der Waals surface area (Å²) in [5, 5.41) is 0. The van der Waals surface area contributed by atoms with Gasteiger partial charge in [-0.25, -0.2) is 0 Å². The van der Waals surface area contributed by atoms with Crippen LogP contribution in [0.2, 0.25) is 0 Å². The molecule has 0 aliphatic rings. The van der Waals surface area contributed by atoms with Crippen molar-refractivity contribution >= 4 is 12.6 Å². The highest BCUT2D eigenvalue weighted by atomic mass is 32.1. The first-order valence-electron chi connectivity index (χ1n) is 4.95. The molecule has 0 unspecified atom stereocenters. The Kier molecular flexibility index (Phi) is 4.99. The van der Waals surface area contributed by atoms with Crippen molar-refractivity contribution in [2.45, 2.75) is 13.3 Å². The van der Waals surface area contributed by atoms with Crippen LogP contribution in [0.5, 0.6) is 0 Å². The molecule has 0 saturated carbocycles. The second-order valence-electron chi connectivity index (χ2n) is 3.37. The van der Waals surface area contributed by atoms with Gasteiger partial charge < -0.3 is 0 Å². The van der Waals surface area contributed by atoms with Crippen LogP contribution in [-0.2, 0) is 6.42 Å². The van der Waals surface area contributed by atoms with Crippen molar-refractivity contribution in [2.75, 3.05) is 0 Å². The Balaban J connectivity index is 2.82. The van der Waals surface area contributed by atoms with Gasteiger partial charge in [-0.1, -0.05) is 55.1 Å². The minimum absolute atomic E-state index is 0.917. The molecule has 15 heavy (non-hydrogen) atoms. The van der Waals surface area contributed by atoms with Crippen molar-refractivity contribution in [3.8, 4) is 0 Å². The van der Waals surface area contributed by atoms with Gasteiger partial charge in [0.2, 0.25) is 0 Å². The Labute approximate surface area is 97.4 Å². The average Bonchev–Trinajstić information content (AvgIpc) is 2.25. The summed E-state index contributed by atoms with van der Waals surface area (Å²) in [4.78, 5) is 1.05. The molecule has 78 valence electrons. The molecule has 0 aliphatic carbocycles. The maximum Gasteiger partial charge on any atom is -0.00181 e. The third-order valence-electron chi connectivity index (χ3n) is 2.14. The van der Waals surface area contributed by atoms with Gasteiger partial charge in [0.15, 0.2) is 0 Å². The van der Waals surface area contributed by atoms with Crippen LogP contribution < -0.4 is 0 Å². The fourth-order valence-corrected chi connectivity index (χ4v) is 1.46. The molecule has 0 atom stereocenters. The SMILES string of the molecule is C=C/C=C\C(Cc1ccccc1)=C(/C)S. The van der Waals surface area contributed by atoms with E-state index >= 15 is 0 Å². The standard InChI is InChI=1S/C14H16S/c1-3-4-10-14(12(2)15)11-13-8-6-5-7-9-13/h3-10,15H,1,11H2,2H3/b10-4-,14-12-. The first-order chi connectivity index (χ1) is 7.24. The molecule has 0 spiro atoms.